The van der Waals surface area contributed by atoms with E-state index in [1.54, 1.807) is 0 Å². The summed E-state index contributed by atoms with van der Waals surface area (Å²) in [6.45, 7) is 7.12. The van der Waals surface area contributed by atoms with Crippen molar-refractivity contribution in [3.63, 3.8) is 0 Å². The van der Waals surface area contributed by atoms with E-state index in [1.807, 2.05) is 55.5 Å². The van der Waals surface area contributed by atoms with Crippen LogP contribution in [0.3, 0.4) is 0 Å². The molecule has 2 heterocycles. The molecule has 2 aromatic carbocycles. The summed E-state index contributed by atoms with van der Waals surface area (Å²) < 4.78 is 13.5. The number of benzene rings is 2. The molecule has 0 saturated heterocycles. The van der Waals surface area contributed by atoms with Gasteiger partial charge in [-0.1, -0.05) is 51.0 Å². The number of nitrogens with one attached hydrogen (secondary N) is 1. The Kier molecular flexibility index (Phi) is 6.78. The Bertz CT molecular complexity index is 1120. The molecule has 0 fully saturated rings. The van der Waals surface area contributed by atoms with Gasteiger partial charge in [0.1, 0.15) is 5.75 Å². The van der Waals surface area contributed by atoms with Gasteiger partial charge in [-0.2, -0.15) is 0 Å². The molecule has 0 saturated carbocycles. The van der Waals surface area contributed by atoms with Crippen LogP contribution >= 0.6 is 0 Å². The largest absolute Gasteiger partial charge is 0.494 e. The molecule has 3 aromatic rings. The number of carbonyl (C=O) groups excluding carboxylic acids is 1. The van der Waals surface area contributed by atoms with Crippen LogP contribution in [0.15, 0.2) is 59.8 Å². The maximum Gasteiger partial charge on any atom is 0.338 e. The standard InChI is InChI=1S/C26H31N3O3/c1-4-7-17-32-19-15-13-18(14-16-19)24-23(25(30)31-6-3)21(10-5-2)28-26-27-20-11-8-9-12-22(20)29(24)26/h8-9,11-16,24H,4-7,10,17H2,1-3H3,(H,27,28)/t24-/m0/s1. The van der Waals surface area contributed by atoms with E-state index in [2.05, 4.69) is 23.7 Å². The molecule has 6 nitrogen and oxygen atoms in total. The van der Waals surface area contributed by atoms with Crippen LogP contribution in [0.2, 0.25) is 0 Å². The van der Waals surface area contributed by atoms with Gasteiger partial charge in [0.2, 0.25) is 5.95 Å². The molecule has 1 aliphatic rings. The molecule has 0 bridgehead atoms. The highest BCUT2D eigenvalue weighted by atomic mass is 16.5. The van der Waals surface area contributed by atoms with Crippen molar-refractivity contribution in [1.82, 2.24) is 9.55 Å². The van der Waals surface area contributed by atoms with Crippen LogP contribution in [-0.2, 0) is 9.53 Å². The fourth-order valence-electron chi connectivity index (χ4n) is 4.18. The quantitative estimate of drug-likeness (QED) is 0.339. The second-order valence-corrected chi connectivity index (χ2v) is 7.96. The van der Waals surface area contributed by atoms with E-state index in [1.165, 1.54) is 0 Å². The maximum atomic E-state index is 13.2. The maximum absolute atomic E-state index is 13.2. The molecular weight excluding hydrogens is 402 g/mol. The van der Waals surface area contributed by atoms with Crippen molar-refractivity contribution in [1.29, 1.82) is 0 Å². The normalized spacial score (nSPS) is 15.4. The summed E-state index contributed by atoms with van der Waals surface area (Å²) in [6, 6.07) is 15.7. The second kappa shape index (κ2) is 9.90. The number of carbonyl (C=O) groups is 1. The van der Waals surface area contributed by atoms with Crippen LogP contribution in [0.5, 0.6) is 5.75 Å². The van der Waals surface area contributed by atoms with Gasteiger partial charge in [-0.25, -0.2) is 9.78 Å². The van der Waals surface area contributed by atoms with Crippen molar-refractivity contribution in [3.05, 3.63) is 65.4 Å². The molecule has 0 amide bonds. The Morgan fingerprint density at radius 2 is 1.84 bits per heavy atom. The first-order valence-electron chi connectivity index (χ1n) is 11.5. The highest BCUT2D eigenvalue weighted by Crippen LogP contribution is 2.41. The zero-order chi connectivity index (χ0) is 22.5. The topological polar surface area (TPSA) is 65.4 Å². The average Bonchev–Trinajstić information content (AvgIpc) is 3.17. The number of ether oxygens (including phenoxy) is 2. The lowest BCUT2D eigenvalue weighted by Gasteiger charge is -2.31. The number of unbranched alkanes of at least 4 members (excludes halogenated alkanes) is 1. The minimum absolute atomic E-state index is 0.292. The number of aromatic nitrogens is 2. The van der Waals surface area contributed by atoms with Crippen LogP contribution < -0.4 is 10.1 Å². The van der Waals surface area contributed by atoms with Gasteiger partial charge in [0, 0.05) is 5.70 Å². The van der Waals surface area contributed by atoms with E-state index in [0.29, 0.717) is 18.8 Å². The zero-order valence-corrected chi connectivity index (χ0v) is 19.1. The Morgan fingerprint density at radius 1 is 1.06 bits per heavy atom. The predicted octanol–water partition coefficient (Wildman–Crippen LogP) is 5.85. The fourth-order valence-corrected chi connectivity index (χ4v) is 4.18. The van der Waals surface area contributed by atoms with Crippen molar-refractivity contribution in [3.8, 4) is 5.75 Å². The lowest BCUT2D eigenvalue weighted by Crippen LogP contribution is -2.29. The minimum Gasteiger partial charge on any atom is -0.494 e. The molecule has 168 valence electrons. The average molecular weight is 434 g/mol. The number of allylic oxidation sites excluding steroid dienone is 1. The number of nitrogens with zero attached hydrogens (tertiary/aromatic N) is 2. The van der Waals surface area contributed by atoms with Crippen molar-refractivity contribution in [2.24, 2.45) is 0 Å². The summed E-state index contributed by atoms with van der Waals surface area (Å²) in [5.74, 6) is 1.29. The van der Waals surface area contributed by atoms with Gasteiger partial charge in [-0.05, 0) is 49.6 Å². The smallest absolute Gasteiger partial charge is 0.338 e. The van der Waals surface area contributed by atoms with Gasteiger partial charge in [-0.15, -0.1) is 0 Å². The Morgan fingerprint density at radius 3 is 2.56 bits per heavy atom. The summed E-state index contributed by atoms with van der Waals surface area (Å²) in [5.41, 5.74) is 4.38. The first kappa shape index (κ1) is 21.9. The van der Waals surface area contributed by atoms with Crippen molar-refractivity contribution in [2.75, 3.05) is 18.5 Å². The molecule has 1 aromatic heterocycles. The summed E-state index contributed by atoms with van der Waals surface area (Å²) in [5, 5.41) is 3.43. The van der Waals surface area contributed by atoms with E-state index in [4.69, 9.17) is 14.5 Å². The third-order valence-electron chi connectivity index (χ3n) is 5.67. The number of hydrogen-bond donors (Lipinski definition) is 1. The second-order valence-electron chi connectivity index (χ2n) is 7.96. The molecular formula is C26H31N3O3. The van der Waals surface area contributed by atoms with Gasteiger partial charge < -0.3 is 14.8 Å². The van der Waals surface area contributed by atoms with Crippen molar-refractivity contribution < 1.29 is 14.3 Å². The number of imidazole rings is 1. The monoisotopic (exact) mass is 433 g/mol. The first-order chi connectivity index (χ1) is 15.7. The molecule has 1 aliphatic heterocycles. The van der Waals surface area contributed by atoms with Gasteiger partial charge >= 0.3 is 5.97 Å². The summed E-state index contributed by atoms with van der Waals surface area (Å²) in [7, 11) is 0. The molecule has 0 spiro atoms. The van der Waals surface area contributed by atoms with Gasteiger partial charge in [0.25, 0.3) is 0 Å². The Labute approximate surface area is 189 Å². The number of para-hydroxylation sites is 2. The highest BCUT2D eigenvalue weighted by Gasteiger charge is 2.35. The number of rotatable bonds is 9. The number of anilines is 1. The van der Waals surface area contributed by atoms with Crippen LogP contribution in [0.1, 0.15) is 58.1 Å². The molecule has 6 heteroatoms. The van der Waals surface area contributed by atoms with Crippen molar-refractivity contribution in [2.45, 2.75) is 52.5 Å². The van der Waals surface area contributed by atoms with E-state index >= 15 is 0 Å². The van der Waals surface area contributed by atoms with Gasteiger partial charge in [0.05, 0.1) is 35.9 Å². The van der Waals surface area contributed by atoms with Crippen LogP contribution in [0, 0.1) is 0 Å². The minimum atomic E-state index is -0.330. The van der Waals surface area contributed by atoms with Crippen LogP contribution in [-0.4, -0.2) is 28.7 Å². The van der Waals surface area contributed by atoms with Gasteiger partial charge in [0.15, 0.2) is 0 Å². The van der Waals surface area contributed by atoms with Gasteiger partial charge in [-0.3, -0.25) is 4.57 Å². The van der Waals surface area contributed by atoms with E-state index in [0.717, 1.165) is 59.7 Å². The first-order valence-corrected chi connectivity index (χ1v) is 11.5. The summed E-state index contributed by atoms with van der Waals surface area (Å²) in [4.78, 5) is 18.0. The SMILES string of the molecule is CCCCOc1ccc([C@H]2C(C(=O)OCC)=C(CCC)Nc3nc4ccccc4n32)cc1. The molecule has 0 radical (unpaired) electrons. The molecule has 4 rings (SSSR count). The summed E-state index contributed by atoms with van der Waals surface area (Å²) >= 11 is 0. The van der Waals surface area contributed by atoms with E-state index in [-0.39, 0.29) is 12.0 Å². The third kappa shape index (κ3) is 4.22. The van der Waals surface area contributed by atoms with Crippen LogP contribution in [0.25, 0.3) is 11.0 Å². The summed E-state index contributed by atoms with van der Waals surface area (Å²) in [6.07, 6.45) is 3.77. The fraction of sp³-hybridized carbons (Fsp3) is 0.385. The highest BCUT2D eigenvalue weighted by molar-refractivity contribution is 5.94. The zero-order valence-electron chi connectivity index (χ0n) is 19.1. The van der Waals surface area contributed by atoms with E-state index in [9.17, 15) is 4.79 Å². The number of fused-ring (bicyclic) bond motifs is 3. The Balaban J connectivity index is 1.84. The van der Waals surface area contributed by atoms with Crippen LogP contribution in [0.4, 0.5) is 5.95 Å². The molecule has 0 unspecified atom stereocenters. The molecule has 0 aliphatic carbocycles. The molecule has 1 atom stereocenters. The third-order valence-corrected chi connectivity index (χ3v) is 5.67. The lowest BCUT2D eigenvalue weighted by molar-refractivity contribution is -0.139. The van der Waals surface area contributed by atoms with Crippen molar-refractivity contribution >= 4 is 23.0 Å². The number of hydrogen-bond acceptors (Lipinski definition) is 5. The lowest BCUT2D eigenvalue weighted by atomic mass is 9.93. The van der Waals surface area contributed by atoms with E-state index < -0.39 is 0 Å². The predicted molar refractivity (Wildman–Crippen MR) is 127 cm³/mol. The molecule has 1 N–H and O–H groups in total. The molecule has 32 heavy (non-hydrogen) atoms. The Hall–Kier alpha value is -3.28. The number of esters is 1.